The number of carbonyl (C=O) groups is 2. The number of rotatable bonds is 4. The number of amides is 2. The molecular formula is C17H24N2O3. The Morgan fingerprint density at radius 3 is 2.55 bits per heavy atom. The van der Waals surface area contributed by atoms with Crippen LogP contribution in [-0.2, 0) is 16.0 Å². The van der Waals surface area contributed by atoms with E-state index >= 15 is 0 Å². The maximum Gasteiger partial charge on any atom is 0.321 e. The van der Waals surface area contributed by atoms with E-state index in [0.717, 1.165) is 17.7 Å². The third-order valence-electron chi connectivity index (χ3n) is 4.04. The first-order valence-corrected chi connectivity index (χ1v) is 7.96. The van der Waals surface area contributed by atoms with E-state index in [1.54, 1.807) is 4.90 Å². The quantitative estimate of drug-likeness (QED) is 0.870. The highest BCUT2D eigenvalue weighted by Crippen LogP contribution is 2.21. The molecule has 5 nitrogen and oxygen atoms in total. The topological polar surface area (TPSA) is 58.6 Å². The molecule has 0 bridgehead atoms. The molecule has 1 aromatic carbocycles. The van der Waals surface area contributed by atoms with Crippen molar-refractivity contribution in [2.75, 3.05) is 25.0 Å². The normalized spacial score (nSPS) is 15.5. The highest BCUT2D eigenvalue weighted by atomic mass is 16.5. The minimum atomic E-state index is -0.140. The van der Waals surface area contributed by atoms with Gasteiger partial charge in [-0.25, -0.2) is 4.79 Å². The lowest BCUT2D eigenvalue weighted by molar-refractivity contribution is -0.149. The van der Waals surface area contributed by atoms with Crippen LogP contribution in [0.4, 0.5) is 10.5 Å². The van der Waals surface area contributed by atoms with Crippen LogP contribution >= 0.6 is 0 Å². The number of aryl methyl sites for hydroxylation is 1. The van der Waals surface area contributed by atoms with Gasteiger partial charge in [-0.1, -0.05) is 25.1 Å². The minimum absolute atomic E-state index is 0.0769. The zero-order valence-electron chi connectivity index (χ0n) is 13.3. The van der Waals surface area contributed by atoms with E-state index in [4.69, 9.17) is 4.74 Å². The van der Waals surface area contributed by atoms with Crippen LogP contribution in [0.2, 0.25) is 0 Å². The number of ether oxygens (including phenoxy) is 1. The molecule has 1 fully saturated rings. The van der Waals surface area contributed by atoms with Gasteiger partial charge in [0.05, 0.1) is 12.5 Å². The lowest BCUT2D eigenvalue weighted by atomic mass is 9.97. The number of anilines is 1. The Morgan fingerprint density at radius 2 is 1.91 bits per heavy atom. The molecule has 1 heterocycles. The third kappa shape index (κ3) is 4.00. The van der Waals surface area contributed by atoms with E-state index in [1.165, 1.54) is 0 Å². The van der Waals surface area contributed by atoms with Gasteiger partial charge in [-0.3, -0.25) is 4.79 Å². The fraction of sp³-hybridized carbons (Fsp3) is 0.529. The maximum atomic E-state index is 12.3. The number of urea groups is 1. The van der Waals surface area contributed by atoms with Crippen molar-refractivity contribution in [2.24, 2.45) is 5.92 Å². The average Bonchev–Trinajstić information content (AvgIpc) is 2.55. The van der Waals surface area contributed by atoms with Crippen molar-refractivity contribution in [3.63, 3.8) is 0 Å². The molecule has 5 heteroatoms. The molecule has 0 spiro atoms. The van der Waals surface area contributed by atoms with E-state index in [9.17, 15) is 9.59 Å². The van der Waals surface area contributed by atoms with Crippen LogP contribution in [0, 0.1) is 5.92 Å². The molecular weight excluding hydrogens is 280 g/mol. The number of benzene rings is 1. The molecule has 120 valence electrons. The summed E-state index contributed by atoms with van der Waals surface area (Å²) < 4.78 is 5.04. The number of carbonyl (C=O) groups excluding carboxylic acids is 2. The fourth-order valence-electron chi connectivity index (χ4n) is 2.72. The van der Waals surface area contributed by atoms with Gasteiger partial charge < -0.3 is 15.0 Å². The monoisotopic (exact) mass is 304 g/mol. The van der Waals surface area contributed by atoms with Crippen LogP contribution in [0.25, 0.3) is 0 Å². The van der Waals surface area contributed by atoms with Gasteiger partial charge in [0.1, 0.15) is 0 Å². The van der Waals surface area contributed by atoms with Gasteiger partial charge in [-0.2, -0.15) is 0 Å². The van der Waals surface area contributed by atoms with Crippen molar-refractivity contribution in [3.8, 4) is 0 Å². The fourth-order valence-corrected chi connectivity index (χ4v) is 2.72. The summed E-state index contributed by atoms with van der Waals surface area (Å²) in [4.78, 5) is 25.8. The number of likely N-dealkylation sites (tertiary alicyclic amines) is 1. The molecule has 0 radical (unpaired) electrons. The highest BCUT2D eigenvalue weighted by Gasteiger charge is 2.28. The summed E-state index contributed by atoms with van der Waals surface area (Å²) in [6, 6.07) is 7.73. The molecule has 2 amide bonds. The van der Waals surface area contributed by atoms with Crippen molar-refractivity contribution in [2.45, 2.75) is 33.1 Å². The van der Waals surface area contributed by atoms with Crippen molar-refractivity contribution in [1.29, 1.82) is 0 Å². The lowest BCUT2D eigenvalue weighted by Crippen LogP contribution is -2.42. The summed E-state index contributed by atoms with van der Waals surface area (Å²) in [5.74, 6) is -0.217. The summed E-state index contributed by atoms with van der Waals surface area (Å²) in [7, 11) is 0. The van der Waals surface area contributed by atoms with Crippen LogP contribution in [0.3, 0.4) is 0 Å². The number of nitrogens with one attached hydrogen (secondary N) is 1. The molecule has 0 aliphatic carbocycles. The lowest BCUT2D eigenvalue weighted by Gasteiger charge is -2.31. The first kappa shape index (κ1) is 16.3. The molecule has 0 atom stereocenters. The Labute approximate surface area is 131 Å². The van der Waals surface area contributed by atoms with Gasteiger partial charge in [0, 0.05) is 18.8 Å². The van der Waals surface area contributed by atoms with Gasteiger partial charge in [0.15, 0.2) is 0 Å². The number of piperidine rings is 1. The largest absolute Gasteiger partial charge is 0.466 e. The van der Waals surface area contributed by atoms with Gasteiger partial charge in [-0.05, 0) is 37.8 Å². The highest BCUT2D eigenvalue weighted by molar-refractivity contribution is 5.90. The smallest absolute Gasteiger partial charge is 0.321 e. The van der Waals surface area contributed by atoms with E-state index in [0.29, 0.717) is 32.5 Å². The zero-order chi connectivity index (χ0) is 15.9. The molecule has 2 rings (SSSR count). The van der Waals surface area contributed by atoms with Crippen molar-refractivity contribution in [1.82, 2.24) is 4.90 Å². The van der Waals surface area contributed by atoms with Crippen LogP contribution in [0.1, 0.15) is 32.3 Å². The first-order chi connectivity index (χ1) is 10.7. The summed E-state index contributed by atoms with van der Waals surface area (Å²) in [5.41, 5.74) is 1.99. The summed E-state index contributed by atoms with van der Waals surface area (Å²) in [6.07, 6.45) is 2.21. The number of hydrogen-bond donors (Lipinski definition) is 1. The molecule has 1 aliphatic heterocycles. The number of esters is 1. The Hall–Kier alpha value is -2.04. The summed E-state index contributed by atoms with van der Waals surface area (Å²) in [5, 5.41) is 2.97. The predicted molar refractivity (Wildman–Crippen MR) is 85.8 cm³/mol. The standard InChI is InChI=1S/C17H24N2O3/c1-3-13-7-5-6-8-15(13)18-17(21)19-11-9-14(10-12-19)16(20)22-4-2/h5-8,14H,3-4,9-12H2,1-2H3,(H,18,21). The third-order valence-corrected chi connectivity index (χ3v) is 4.04. The summed E-state index contributed by atoms with van der Waals surface area (Å²) >= 11 is 0. The van der Waals surface area contributed by atoms with E-state index in [2.05, 4.69) is 12.2 Å². The zero-order valence-corrected chi connectivity index (χ0v) is 13.3. The second-order valence-electron chi connectivity index (χ2n) is 5.45. The molecule has 1 aromatic rings. The molecule has 0 aromatic heterocycles. The predicted octanol–water partition coefficient (Wildman–Crippen LogP) is 3.06. The number of para-hydroxylation sites is 1. The van der Waals surface area contributed by atoms with E-state index < -0.39 is 0 Å². The van der Waals surface area contributed by atoms with Gasteiger partial charge in [-0.15, -0.1) is 0 Å². The molecule has 1 saturated heterocycles. The van der Waals surface area contributed by atoms with Crippen molar-refractivity contribution < 1.29 is 14.3 Å². The maximum absolute atomic E-state index is 12.3. The van der Waals surface area contributed by atoms with E-state index in [-0.39, 0.29) is 17.9 Å². The second-order valence-corrected chi connectivity index (χ2v) is 5.45. The SMILES string of the molecule is CCOC(=O)C1CCN(C(=O)Nc2ccccc2CC)CC1. The first-order valence-electron chi connectivity index (χ1n) is 7.96. The number of hydrogen-bond acceptors (Lipinski definition) is 3. The van der Waals surface area contributed by atoms with Crippen molar-refractivity contribution >= 4 is 17.7 Å². The Balaban J connectivity index is 1.89. The average molecular weight is 304 g/mol. The molecule has 1 N–H and O–H groups in total. The number of nitrogens with zero attached hydrogens (tertiary/aromatic N) is 1. The van der Waals surface area contributed by atoms with Crippen LogP contribution in [0.15, 0.2) is 24.3 Å². The molecule has 0 saturated carbocycles. The summed E-state index contributed by atoms with van der Waals surface area (Å²) in [6.45, 7) is 5.46. The molecule has 1 aliphatic rings. The van der Waals surface area contributed by atoms with Crippen molar-refractivity contribution in [3.05, 3.63) is 29.8 Å². The minimum Gasteiger partial charge on any atom is -0.466 e. The second kappa shape index (κ2) is 7.82. The van der Waals surface area contributed by atoms with Crippen LogP contribution in [0.5, 0.6) is 0 Å². The van der Waals surface area contributed by atoms with Gasteiger partial charge in [0.25, 0.3) is 0 Å². The Morgan fingerprint density at radius 1 is 1.23 bits per heavy atom. The van der Waals surface area contributed by atoms with Gasteiger partial charge >= 0.3 is 12.0 Å². The van der Waals surface area contributed by atoms with E-state index in [1.807, 2.05) is 31.2 Å². The van der Waals surface area contributed by atoms with Crippen LogP contribution in [-0.4, -0.2) is 36.6 Å². The molecule has 0 unspecified atom stereocenters. The van der Waals surface area contributed by atoms with Crippen LogP contribution < -0.4 is 5.32 Å². The Bertz CT molecular complexity index is 522. The van der Waals surface area contributed by atoms with Gasteiger partial charge in [0.2, 0.25) is 0 Å². The Kier molecular flexibility index (Phi) is 5.81. The molecule has 22 heavy (non-hydrogen) atoms.